The Hall–Kier alpha value is -0.820. The molecular weight excluding hydrogens is 211 g/mol. The molecule has 0 aliphatic rings. The number of carbonyl (C=O) groups excluding carboxylic acids is 1. The van der Waals surface area contributed by atoms with Gasteiger partial charge in [0, 0.05) is 13.0 Å². The van der Waals surface area contributed by atoms with Gasteiger partial charge in [-0.15, -0.1) is 0 Å². The van der Waals surface area contributed by atoms with Crippen molar-refractivity contribution in [1.82, 2.24) is 5.32 Å². The molecule has 0 fully saturated rings. The summed E-state index contributed by atoms with van der Waals surface area (Å²) >= 11 is 0. The maximum Gasteiger partial charge on any atom is 0.389 e. The Morgan fingerprint density at radius 2 is 1.93 bits per heavy atom. The van der Waals surface area contributed by atoms with Gasteiger partial charge in [-0.3, -0.25) is 4.79 Å². The minimum atomic E-state index is -4.09. The number of unbranched alkanes of at least 4 members (excludes halogenated alkanes) is 1. The van der Waals surface area contributed by atoms with Crippen molar-refractivity contribution in [2.75, 3.05) is 13.1 Å². The van der Waals surface area contributed by atoms with Crippen molar-refractivity contribution in [2.24, 2.45) is 11.5 Å². The molecule has 1 atom stereocenters. The Kier molecular flexibility index (Phi) is 6.26. The van der Waals surface area contributed by atoms with Crippen molar-refractivity contribution in [1.29, 1.82) is 0 Å². The van der Waals surface area contributed by atoms with E-state index in [2.05, 4.69) is 5.32 Å². The molecule has 0 aromatic rings. The molecule has 0 heterocycles. The molecular formula is C8H16F3N3O. The Balaban J connectivity index is 3.29. The fraction of sp³-hybridized carbons (Fsp3) is 0.875. The van der Waals surface area contributed by atoms with E-state index in [1.54, 1.807) is 0 Å². The van der Waals surface area contributed by atoms with Crippen LogP contribution in [0.25, 0.3) is 0 Å². The number of nitrogens with two attached hydrogens (primary N) is 2. The molecule has 1 amide bonds. The maximum atomic E-state index is 11.7. The third-order valence-electron chi connectivity index (χ3n) is 1.79. The third-order valence-corrected chi connectivity index (χ3v) is 1.79. The number of amides is 1. The standard InChI is InChI=1S/C8H16F3N3O/c9-8(10,11)3-1-2-4-14-5-6(12)7(13)15/h6,14H,1-5,12H2,(H2,13,15). The molecule has 4 nitrogen and oxygen atoms in total. The van der Waals surface area contributed by atoms with Crippen molar-refractivity contribution in [3.05, 3.63) is 0 Å². The van der Waals surface area contributed by atoms with E-state index in [0.717, 1.165) is 0 Å². The molecule has 0 aliphatic heterocycles. The second-order valence-corrected chi connectivity index (χ2v) is 3.29. The van der Waals surface area contributed by atoms with Crippen LogP contribution in [-0.4, -0.2) is 31.2 Å². The van der Waals surface area contributed by atoms with Crippen molar-refractivity contribution in [3.63, 3.8) is 0 Å². The molecule has 1 unspecified atom stereocenters. The normalized spacial score (nSPS) is 13.9. The molecule has 90 valence electrons. The number of rotatable bonds is 7. The topological polar surface area (TPSA) is 81.1 Å². The van der Waals surface area contributed by atoms with Crippen LogP contribution >= 0.6 is 0 Å². The summed E-state index contributed by atoms with van der Waals surface area (Å²) in [6, 6.07) is -0.785. The molecule has 0 radical (unpaired) electrons. The smallest absolute Gasteiger partial charge is 0.368 e. The molecule has 0 spiro atoms. The Bertz CT molecular complexity index is 196. The van der Waals surface area contributed by atoms with E-state index in [-0.39, 0.29) is 13.0 Å². The first-order valence-corrected chi connectivity index (χ1v) is 4.65. The lowest BCUT2D eigenvalue weighted by molar-refractivity contribution is -0.135. The molecule has 0 saturated heterocycles. The zero-order valence-corrected chi connectivity index (χ0v) is 8.31. The van der Waals surface area contributed by atoms with Crippen LogP contribution in [0, 0.1) is 0 Å². The molecule has 0 aromatic heterocycles. The Morgan fingerprint density at radius 1 is 1.33 bits per heavy atom. The maximum absolute atomic E-state index is 11.7. The van der Waals surface area contributed by atoms with Gasteiger partial charge in [0.1, 0.15) is 0 Å². The van der Waals surface area contributed by atoms with Crippen LogP contribution in [0.3, 0.4) is 0 Å². The average Bonchev–Trinajstić information content (AvgIpc) is 2.08. The van der Waals surface area contributed by atoms with Crippen LogP contribution in [0.1, 0.15) is 19.3 Å². The van der Waals surface area contributed by atoms with Gasteiger partial charge in [-0.25, -0.2) is 0 Å². The van der Waals surface area contributed by atoms with Gasteiger partial charge in [-0.05, 0) is 19.4 Å². The monoisotopic (exact) mass is 227 g/mol. The van der Waals surface area contributed by atoms with Crippen LogP contribution < -0.4 is 16.8 Å². The fourth-order valence-electron chi connectivity index (χ4n) is 0.934. The highest BCUT2D eigenvalue weighted by molar-refractivity contribution is 5.79. The van der Waals surface area contributed by atoms with Gasteiger partial charge in [0.25, 0.3) is 0 Å². The fourth-order valence-corrected chi connectivity index (χ4v) is 0.934. The summed E-state index contributed by atoms with van der Waals surface area (Å²) < 4.78 is 35.1. The molecule has 0 rings (SSSR count). The third kappa shape index (κ3) is 9.48. The highest BCUT2D eigenvalue weighted by atomic mass is 19.4. The minimum absolute atomic E-state index is 0.0717. The Morgan fingerprint density at radius 3 is 2.40 bits per heavy atom. The number of primary amides is 1. The SMILES string of the molecule is NC(=O)C(N)CNCCCCC(F)(F)F. The summed E-state index contributed by atoms with van der Waals surface area (Å²) in [5.74, 6) is -0.627. The first-order chi connectivity index (χ1) is 6.83. The highest BCUT2D eigenvalue weighted by Gasteiger charge is 2.25. The van der Waals surface area contributed by atoms with Gasteiger partial charge >= 0.3 is 6.18 Å². The predicted molar refractivity (Wildman–Crippen MR) is 49.9 cm³/mol. The lowest BCUT2D eigenvalue weighted by Crippen LogP contribution is -2.44. The van der Waals surface area contributed by atoms with Crippen molar-refractivity contribution in [3.8, 4) is 0 Å². The number of carbonyl (C=O) groups is 1. The Labute approximate surface area is 86.2 Å². The summed E-state index contributed by atoms with van der Waals surface area (Å²) in [6.45, 7) is 0.596. The lowest BCUT2D eigenvalue weighted by atomic mass is 10.2. The van der Waals surface area contributed by atoms with Crippen LogP contribution in [0.5, 0.6) is 0 Å². The van der Waals surface area contributed by atoms with Crippen molar-refractivity contribution < 1.29 is 18.0 Å². The summed E-state index contributed by atoms with van der Waals surface area (Å²) in [5, 5.41) is 2.76. The quantitative estimate of drug-likeness (QED) is 0.540. The largest absolute Gasteiger partial charge is 0.389 e. The van der Waals surface area contributed by atoms with Gasteiger partial charge in [-0.1, -0.05) is 0 Å². The summed E-state index contributed by atoms with van der Waals surface area (Å²) in [4.78, 5) is 10.5. The van der Waals surface area contributed by atoms with Crippen LogP contribution in [0.4, 0.5) is 13.2 Å². The van der Waals surface area contributed by atoms with Gasteiger partial charge < -0.3 is 16.8 Å². The zero-order chi connectivity index (χ0) is 11.9. The first-order valence-electron chi connectivity index (χ1n) is 4.65. The highest BCUT2D eigenvalue weighted by Crippen LogP contribution is 2.21. The van der Waals surface area contributed by atoms with E-state index in [1.807, 2.05) is 0 Å². The summed E-state index contributed by atoms with van der Waals surface area (Å²) in [7, 11) is 0. The first kappa shape index (κ1) is 14.2. The second-order valence-electron chi connectivity index (χ2n) is 3.29. The number of nitrogens with one attached hydrogen (secondary N) is 1. The van der Waals surface area contributed by atoms with Crippen molar-refractivity contribution in [2.45, 2.75) is 31.5 Å². The lowest BCUT2D eigenvalue weighted by Gasteiger charge is -2.09. The van der Waals surface area contributed by atoms with E-state index in [4.69, 9.17) is 11.5 Å². The van der Waals surface area contributed by atoms with Crippen LogP contribution in [-0.2, 0) is 4.79 Å². The van der Waals surface area contributed by atoms with E-state index < -0.39 is 24.5 Å². The molecule has 15 heavy (non-hydrogen) atoms. The van der Waals surface area contributed by atoms with Gasteiger partial charge in [0.05, 0.1) is 6.04 Å². The van der Waals surface area contributed by atoms with E-state index in [9.17, 15) is 18.0 Å². The van der Waals surface area contributed by atoms with E-state index >= 15 is 0 Å². The average molecular weight is 227 g/mol. The predicted octanol–water partition coefficient (Wildman–Crippen LogP) is 0.121. The summed E-state index contributed by atoms with van der Waals surface area (Å²) in [5.41, 5.74) is 10.2. The molecule has 5 N–H and O–H groups in total. The minimum Gasteiger partial charge on any atom is -0.368 e. The van der Waals surface area contributed by atoms with Gasteiger partial charge in [0.15, 0.2) is 0 Å². The number of hydrogen-bond acceptors (Lipinski definition) is 3. The van der Waals surface area contributed by atoms with Gasteiger partial charge in [-0.2, -0.15) is 13.2 Å². The van der Waals surface area contributed by atoms with E-state index in [0.29, 0.717) is 13.0 Å². The molecule has 0 aliphatic carbocycles. The molecule has 0 aromatic carbocycles. The van der Waals surface area contributed by atoms with Crippen LogP contribution in [0.15, 0.2) is 0 Å². The second kappa shape index (κ2) is 6.62. The number of alkyl halides is 3. The molecule has 0 bridgehead atoms. The summed E-state index contributed by atoms with van der Waals surface area (Å²) in [6.07, 6.45) is -4.41. The van der Waals surface area contributed by atoms with E-state index in [1.165, 1.54) is 0 Å². The van der Waals surface area contributed by atoms with Crippen LogP contribution in [0.2, 0.25) is 0 Å². The van der Waals surface area contributed by atoms with Crippen molar-refractivity contribution >= 4 is 5.91 Å². The molecule has 0 saturated carbocycles. The van der Waals surface area contributed by atoms with Gasteiger partial charge in [0.2, 0.25) is 5.91 Å². The number of hydrogen-bond donors (Lipinski definition) is 3. The zero-order valence-electron chi connectivity index (χ0n) is 8.31. The number of halogens is 3. The molecule has 7 heteroatoms.